The number of amides is 2. The van der Waals surface area contributed by atoms with Crippen molar-refractivity contribution in [1.82, 2.24) is 5.32 Å². The second kappa shape index (κ2) is 8.80. The van der Waals surface area contributed by atoms with Gasteiger partial charge >= 0.3 is 0 Å². The molecule has 0 unspecified atom stereocenters. The molecule has 0 saturated carbocycles. The van der Waals surface area contributed by atoms with E-state index in [-0.39, 0.29) is 5.91 Å². The Morgan fingerprint density at radius 1 is 1.00 bits per heavy atom. The Morgan fingerprint density at radius 2 is 1.62 bits per heavy atom. The van der Waals surface area contributed by atoms with E-state index in [1.807, 2.05) is 30.3 Å². The Balaban J connectivity index is 2.16. The van der Waals surface area contributed by atoms with Gasteiger partial charge in [-0.15, -0.1) is 0 Å². The van der Waals surface area contributed by atoms with Crippen LogP contribution in [0.2, 0.25) is 0 Å². The number of unbranched alkanes of at least 4 members (excludes halogenated alkanes) is 2. The van der Waals surface area contributed by atoms with E-state index < -0.39 is 17.1 Å². The summed E-state index contributed by atoms with van der Waals surface area (Å²) in [6.45, 7) is 5.09. The lowest BCUT2D eigenvalue weighted by atomic mass is 9.85. The molecule has 0 fully saturated rings. The normalized spacial score (nSPS) is 11.9. The number of benzene rings is 1. The highest BCUT2D eigenvalue weighted by molar-refractivity contribution is 5.90. The monoisotopic (exact) mass is 336 g/mol. The van der Waals surface area contributed by atoms with Crippen molar-refractivity contribution in [2.24, 2.45) is 5.41 Å². The first kappa shape index (κ1) is 20.1. The summed E-state index contributed by atoms with van der Waals surface area (Å²) >= 11 is 0. The number of aliphatic hydroxyl groups is 2. The lowest BCUT2D eigenvalue weighted by Crippen LogP contribution is -2.55. The highest BCUT2D eigenvalue weighted by atomic mass is 16.5. The molecule has 134 valence electrons. The minimum absolute atomic E-state index is 0.0392. The van der Waals surface area contributed by atoms with Crippen molar-refractivity contribution in [1.29, 1.82) is 0 Å². The number of carbonyl (C=O) groups excluding carboxylic acids is 2. The molecule has 0 aliphatic heterocycles. The van der Waals surface area contributed by atoms with Crippen molar-refractivity contribution in [3.63, 3.8) is 0 Å². The fourth-order valence-electron chi connectivity index (χ4n) is 2.00. The van der Waals surface area contributed by atoms with Gasteiger partial charge in [-0.05, 0) is 25.0 Å². The van der Waals surface area contributed by atoms with Crippen LogP contribution in [-0.2, 0) is 9.59 Å². The maximum absolute atomic E-state index is 11.8. The molecular formula is C18H28N2O4. The first-order chi connectivity index (χ1) is 11.1. The van der Waals surface area contributed by atoms with E-state index in [1.165, 1.54) is 0 Å². The van der Waals surface area contributed by atoms with Crippen LogP contribution in [0.15, 0.2) is 30.3 Å². The van der Waals surface area contributed by atoms with Gasteiger partial charge in [-0.25, -0.2) is 0 Å². The van der Waals surface area contributed by atoms with Crippen molar-refractivity contribution in [2.75, 3.05) is 11.9 Å². The molecule has 0 bridgehead atoms. The third kappa shape index (κ3) is 6.29. The minimum atomic E-state index is -2.40. The summed E-state index contributed by atoms with van der Waals surface area (Å²) in [4.78, 5) is 23.5. The van der Waals surface area contributed by atoms with Crippen LogP contribution in [0.1, 0.15) is 46.5 Å². The van der Waals surface area contributed by atoms with Gasteiger partial charge in [0.15, 0.2) is 0 Å². The van der Waals surface area contributed by atoms with E-state index in [1.54, 1.807) is 20.8 Å². The van der Waals surface area contributed by atoms with Crippen LogP contribution < -0.4 is 10.6 Å². The molecule has 0 radical (unpaired) electrons. The van der Waals surface area contributed by atoms with E-state index in [4.69, 9.17) is 0 Å². The third-order valence-electron chi connectivity index (χ3n) is 3.79. The minimum Gasteiger partial charge on any atom is -0.358 e. The highest BCUT2D eigenvalue weighted by Crippen LogP contribution is 2.27. The van der Waals surface area contributed by atoms with Crippen molar-refractivity contribution < 1.29 is 19.8 Å². The lowest BCUT2D eigenvalue weighted by molar-refractivity contribution is -0.223. The summed E-state index contributed by atoms with van der Waals surface area (Å²) < 4.78 is 0. The predicted molar refractivity (Wildman–Crippen MR) is 93.2 cm³/mol. The molecule has 2 amide bonds. The zero-order chi connectivity index (χ0) is 18.2. The Bertz CT molecular complexity index is 536. The van der Waals surface area contributed by atoms with Crippen LogP contribution in [0.5, 0.6) is 0 Å². The smallest absolute Gasteiger partial charge is 0.280 e. The van der Waals surface area contributed by atoms with Gasteiger partial charge in [0.25, 0.3) is 5.91 Å². The van der Waals surface area contributed by atoms with E-state index in [0.29, 0.717) is 25.8 Å². The van der Waals surface area contributed by atoms with Gasteiger partial charge in [-0.1, -0.05) is 45.4 Å². The first-order valence-corrected chi connectivity index (χ1v) is 8.22. The highest BCUT2D eigenvalue weighted by Gasteiger charge is 2.45. The van der Waals surface area contributed by atoms with Gasteiger partial charge in [0, 0.05) is 24.1 Å². The second-order valence-electron chi connectivity index (χ2n) is 6.90. The molecule has 6 heteroatoms. The molecular weight excluding hydrogens is 308 g/mol. The van der Waals surface area contributed by atoms with Crippen LogP contribution in [0, 0.1) is 5.41 Å². The largest absolute Gasteiger partial charge is 0.358 e. The van der Waals surface area contributed by atoms with Crippen LogP contribution in [-0.4, -0.2) is 34.4 Å². The fraction of sp³-hybridized carbons (Fsp3) is 0.556. The Morgan fingerprint density at radius 3 is 2.21 bits per heavy atom. The summed E-state index contributed by atoms with van der Waals surface area (Å²) in [5.41, 5.74) is -0.189. The molecule has 24 heavy (non-hydrogen) atoms. The standard InChI is InChI=1S/C18H28N2O4/c1-17(2,3)18(23,24)16(22)19-13-9-5-8-12-15(21)20-14-10-6-4-7-11-14/h4,6-7,10-11,23-24H,5,8-9,12-13H2,1-3H3,(H,19,22)(H,20,21). The average Bonchev–Trinajstić information content (AvgIpc) is 2.50. The fourth-order valence-corrected chi connectivity index (χ4v) is 2.00. The Hall–Kier alpha value is -1.92. The van der Waals surface area contributed by atoms with Crippen molar-refractivity contribution in [2.45, 2.75) is 52.2 Å². The summed E-state index contributed by atoms with van der Waals surface area (Å²) in [7, 11) is 0. The summed E-state index contributed by atoms with van der Waals surface area (Å²) in [5, 5.41) is 25.0. The maximum atomic E-state index is 11.8. The van der Waals surface area contributed by atoms with Crippen LogP contribution in [0.4, 0.5) is 5.69 Å². The number of anilines is 1. The molecule has 0 atom stereocenters. The zero-order valence-corrected chi connectivity index (χ0v) is 14.6. The van der Waals surface area contributed by atoms with Gasteiger partial charge in [0.05, 0.1) is 0 Å². The maximum Gasteiger partial charge on any atom is 0.280 e. The first-order valence-electron chi connectivity index (χ1n) is 8.22. The van der Waals surface area contributed by atoms with Gasteiger partial charge < -0.3 is 20.8 Å². The van der Waals surface area contributed by atoms with E-state index in [0.717, 1.165) is 12.1 Å². The van der Waals surface area contributed by atoms with Gasteiger partial charge in [-0.2, -0.15) is 0 Å². The number of para-hydroxylation sites is 1. The van der Waals surface area contributed by atoms with Crippen molar-refractivity contribution >= 4 is 17.5 Å². The van der Waals surface area contributed by atoms with Crippen molar-refractivity contribution in [3.05, 3.63) is 30.3 Å². The van der Waals surface area contributed by atoms with Crippen LogP contribution >= 0.6 is 0 Å². The summed E-state index contributed by atoms with van der Waals surface area (Å²) in [6.07, 6.45) is 2.55. The quantitative estimate of drug-likeness (QED) is 0.431. The molecule has 0 heterocycles. The lowest BCUT2D eigenvalue weighted by Gasteiger charge is -2.33. The molecule has 0 aliphatic carbocycles. The molecule has 0 spiro atoms. The molecule has 6 nitrogen and oxygen atoms in total. The van der Waals surface area contributed by atoms with Gasteiger partial charge in [-0.3, -0.25) is 9.59 Å². The van der Waals surface area contributed by atoms with Crippen LogP contribution in [0.3, 0.4) is 0 Å². The molecule has 0 aromatic heterocycles. The third-order valence-corrected chi connectivity index (χ3v) is 3.79. The Kier molecular flexibility index (Phi) is 7.38. The van der Waals surface area contributed by atoms with Crippen LogP contribution in [0.25, 0.3) is 0 Å². The molecule has 1 aromatic carbocycles. The Labute approximate surface area is 143 Å². The van der Waals surface area contributed by atoms with E-state index in [2.05, 4.69) is 10.6 Å². The zero-order valence-electron chi connectivity index (χ0n) is 14.6. The number of hydrogen-bond donors (Lipinski definition) is 4. The topological polar surface area (TPSA) is 98.7 Å². The second-order valence-corrected chi connectivity index (χ2v) is 6.90. The van der Waals surface area contributed by atoms with Gasteiger partial charge in [0.1, 0.15) is 0 Å². The number of hydrogen-bond acceptors (Lipinski definition) is 4. The predicted octanol–water partition coefficient (Wildman–Crippen LogP) is 2.03. The van der Waals surface area contributed by atoms with Gasteiger partial charge in [0.2, 0.25) is 11.7 Å². The average molecular weight is 336 g/mol. The summed E-state index contributed by atoms with van der Waals surface area (Å²) in [6, 6.07) is 9.27. The van der Waals surface area contributed by atoms with Crippen molar-refractivity contribution in [3.8, 4) is 0 Å². The molecule has 1 aromatic rings. The number of nitrogens with one attached hydrogen (secondary N) is 2. The number of rotatable bonds is 8. The molecule has 0 aliphatic rings. The molecule has 4 N–H and O–H groups in total. The SMILES string of the molecule is CC(C)(C)C(O)(O)C(=O)NCCCCCC(=O)Nc1ccccc1. The molecule has 1 rings (SSSR count). The molecule has 0 saturated heterocycles. The number of carbonyl (C=O) groups is 2. The van der Waals surface area contributed by atoms with E-state index in [9.17, 15) is 19.8 Å². The summed E-state index contributed by atoms with van der Waals surface area (Å²) in [5.74, 6) is -3.23. The van der Waals surface area contributed by atoms with E-state index >= 15 is 0 Å².